The van der Waals surface area contributed by atoms with Gasteiger partial charge in [0.2, 0.25) is 10.0 Å². The number of carbonyl (C=O) groups is 1. The number of hydrogen-bond donors (Lipinski definition) is 1. The van der Waals surface area contributed by atoms with Crippen molar-refractivity contribution >= 4 is 38.3 Å². The van der Waals surface area contributed by atoms with Crippen LogP contribution in [0.5, 0.6) is 0 Å². The first kappa shape index (κ1) is 30.0. The summed E-state index contributed by atoms with van der Waals surface area (Å²) in [6.07, 6.45) is 3.60. The molecule has 2 aliphatic rings. The van der Waals surface area contributed by atoms with Crippen molar-refractivity contribution in [3.05, 3.63) is 77.6 Å². The van der Waals surface area contributed by atoms with E-state index in [9.17, 15) is 13.2 Å². The van der Waals surface area contributed by atoms with Crippen molar-refractivity contribution in [3.8, 4) is 11.4 Å². The molecule has 1 N–H and O–H groups in total. The van der Waals surface area contributed by atoms with Gasteiger partial charge in [0.25, 0.3) is 5.91 Å². The van der Waals surface area contributed by atoms with Gasteiger partial charge in [0, 0.05) is 43.9 Å². The third kappa shape index (κ3) is 6.39. The molecule has 4 aromatic rings. The van der Waals surface area contributed by atoms with Gasteiger partial charge in [-0.25, -0.2) is 18.4 Å². The lowest BCUT2D eigenvalue weighted by Crippen LogP contribution is -2.39. The first-order valence-corrected chi connectivity index (χ1v) is 16.7. The summed E-state index contributed by atoms with van der Waals surface area (Å²) in [7, 11) is -2.06. The Balaban J connectivity index is 1.16. The summed E-state index contributed by atoms with van der Waals surface area (Å²) in [5.74, 6) is 1.83. The second-order valence-electron chi connectivity index (χ2n) is 12.0. The fraction of sp³-hybridized carbons (Fsp3) is 0.394. The van der Waals surface area contributed by atoms with E-state index in [2.05, 4.69) is 35.1 Å². The van der Waals surface area contributed by atoms with Crippen LogP contribution in [0.1, 0.15) is 41.9 Å². The molecule has 2 aliphatic heterocycles. The van der Waals surface area contributed by atoms with Gasteiger partial charge in [-0.3, -0.25) is 14.1 Å². The number of methoxy groups -OCH3 is 1. The standard InChI is InChI=1S/C33H38N6O4S/c1-22-15-23(2)21-38(20-22)32-6-4-5-28(37-32)29-10-9-26-18-34-27(17-30(26)36-29)19-35-33(40)25-8-7-24-11-12-39(31(24)16-25)44(41,42)14-13-43-3/h4-10,16-18,22-23H,11-15,19-21H2,1-3H3,(H,35,40)/t22-,23+. The first-order valence-electron chi connectivity index (χ1n) is 15.1. The number of benzene rings is 1. The first-order chi connectivity index (χ1) is 21.2. The summed E-state index contributed by atoms with van der Waals surface area (Å²) in [5, 5.41) is 3.82. The van der Waals surface area contributed by atoms with Crippen LogP contribution in [0, 0.1) is 11.8 Å². The van der Waals surface area contributed by atoms with Crippen molar-refractivity contribution in [1.29, 1.82) is 0 Å². The van der Waals surface area contributed by atoms with Crippen molar-refractivity contribution in [2.75, 3.05) is 48.3 Å². The number of pyridine rings is 3. The second-order valence-corrected chi connectivity index (χ2v) is 14.0. The molecule has 0 unspecified atom stereocenters. The molecule has 5 heterocycles. The third-order valence-electron chi connectivity index (χ3n) is 8.33. The molecule has 1 fully saturated rings. The van der Waals surface area contributed by atoms with Crippen LogP contribution in [0.25, 0.3) is 22.3 Å². The number of rotatable bonds is 9. The van der Waals surface area contributed by atoms with E-state index in [-0.39, 0.29) is 24.8 Å². The lowest BCUT2D eigenvalue weighted by molar-refractivity contribution is 0.0950. The minimum absolute atomic E-state index is 0.110. The summed E-state index contributed by atoms with van der Waals surface area (Å²) < 4.78 is 32.0. The molecule has 0 aliphatic carbocycles. The fourth-order valence-corrected chi connectivity index (χ4v) is 7.68. The number of nitrogens with zero attached hydrogens (tertiary/aromatic N) is 5. The topological polar surface area (TPSA) is 118 Å². The molecular weight excluding hydrogens is 576 g/mol. The van der Waals surface area contributed by atoms with Crippen molar-refractivity contribution in [1.82, 2.24) is 20.3 Å². The number of sulfonamides is 1. The zero-order valence-electron chi connectivity index (χ0n) is 25.4. The normalized spacial score (nSPS) is 18.4. The Morgan fingerprint density at radius 3 is 2.61 bits per heavy atom. The Labute approximate surface area is 258 Å². The van der Waals surface area contributed by atoms with E-state index >= 15 is 0 Å². The van der Waals surface area contributed by atoms with E-state index in [1.807, 2.05) is 36.4 Å². The zero-order valence-corrected chi connectivity index (χ0v) is 26.2. The molecule has 0 bridgehead atoms. The van der Waals surface area contributed by atoms with Gasteiger partial charge in [-0.1, -0.05) is 26.0 Å². The van der Waals surface area contributed by atoms with Crippen LogP contribution in [-0.2, 0) is 27.7 Å². The maximum absolute atomic E-state index is 13.1. The van der Waals surface area contributed by atoms with Crippen LogP contribution in [0.2, 0.25) is 0 Å². The smallest absolute Gasteiger partial charge is 0.251 e. The Bertz CT molecular complexity index is 1790. The summed E-state index contributed by atoms with van der Waals surface area (Å²) in [6, 6.07) is 17.1. The van der Waals surface area contributed by atoms with E-state index in [4.69, 9.17) is 14.7 Å². The summed E-state index contributed by atoms with van der Waals surface area (Å²) >= 11 is 0. The van der Waals surface area contributed by atoms with Crippen molar-refractivity contribution in [2.24, 2.45) is 11.8 Å². The van der Waals surface area contributed by atoms with Crippen molar-refractivity contribution in [3.63, 3.8) is 0 Å². The molecule has 11 heteroatoms. The molecule has 0 radical (unpaired) electrons. The van der Waals surface area contributed by atoms with E-state index in [1.165, 1.54) is 17.8 Å². The van der Waals surface area contributed by atoms with Gasteiger partial charge in [-0.05, 0) is 72.7 Å². The van der Waals surface area contributed by atoms with E-state index in [1.54, 1.807) is 18.3 Å². The highest BCUT2D eigenvalue weighted by molar-refractivity contribution is 7.92. The number of anilines is 2. The van der Waals surface area contributed by atoms with Crippen LogP contribution in [-0.4, -0.2) is 68.4 Å². The quantitative estimate of drug-likeness (QED) is 0.294. The van der Waals surface area contributed by atoms with Crippen LogP contribution in [0.15, 0.2) is 60.8 Å². The zero-order chi connectivity index (χ0) is 30.8. The maximum Gasteiger partial charge on any atom is 0.251 e. The number of hydrogen-bond acceptors (Lipinski definition) is 8. The van der Waals surface area contributed by atoms with Crippen LogP contribution >= 0.6 is 0 Å². The molecule has 0 spiro atoms. The molecule has 44 heavy (non-hydrogen) atoms. The van der Waals surface area contributed by atoms with Gasteiger partial charge in [-0.15, -0.1) is 0 Å². The molecule has 2 atom stereocenters. The number of amides is 1. The molecule has 1 amide bonds. The molecule has 6 rings (SSSR count). The van der Waals surface area contributed by atoms with E-state index in [0.717, 1.165) is 46.8 Å². The van der Waals surface area contributed by atoms with Crippen molar-refractivity contribution < 1.29 is 17.9 Å². The average Bonchev–Trinajstić information content (AvgIpc) is 3.46. The highest BCUT2D eigenvalue weighted by Gasteiger charge is 2.30. The predicted octanol–water partition coefficient (Wildman–Crippen LogP) is 4.44. The molecule has 1 aromatic carbocycles. The maximum atomic E-state index is 13.1. The van der Waals surface area contributed by atoms with Crippen LogP contribution in [0.3, 0.4) is 0 Å². The number of nitrogens with one attached hydrogen (secondary N) is 1. The number of aromatic nitrogens is 3. The SMILES string of the molecule is COCCS(=O)(=O)N1CCc2ccc(C(=O)NCc3cc4nc(-c5cccc(N6C[C@H](C)C[C@H](C)C6)n5)ccc4cn3)cc21. The average molecular weight is 615 g/mol. The molecule has 230 valence electrons. The number of piperidine rings is 1. The molecular formula is C33H38N6O4S. The molecule has 3 aromatic heterocycles. The van der Waals surface area contributed by atoms with Gasteiger partial charge >= 0.3 is 0 Å². The van der Waals surface area contributed by atoms with Gasteiger partial charge in [0.15, 0.2) is 0 Å². The van der Waals surface area contributed by atoms with Crippen LogP contribution in [0.4, 0.5) is 11.5 Å². The van der Waals surface area contributed by atoms with Gasteiger partial charge in [0.1, 0.15) is 5.82 Å². The van der Waals surface area contributed by atoms with E-state index in [0.29, 0.717) is 41.7 Å². The minimum atomic E-state index is -3.54. The van der Waals surface area contributed by atoms with Gasteiger partial charge < -0.3 is 15.0 Å². The highest BCUT2D eigenvalue weighted by Crippen LogP contribution is 2.32. The van der Waals surface area contributed by atoms with Crippen LogP contribution < -0.4 is 14.5 Å². The van der Waals surface area contributed by atoms with Gasteiger partial charge in [0.05, 0.1) is 47.2 Å². The summed E-state index contributed by atoms with van der Waals surface area (Å²) in [4.78, 5) is 29.8. The monoisotopic (exact) mass is 614 g/mol. The highest BCUT2D eigenvalue weighted by atomic mass is 32.2. The van der Waals surface area contributed by atoms with Crippen molar-refractivity contribution in [2.45, 2.75) is 33.2 Å². The Kier molecular flexibility index (Phi) is 8.50. The second kappa shape index (κ2) is 12.5. The van der Waals surface area contributed by atoms with Gasteiger partial charge in [-0.2, -0.15) is 0 Å². The lowest BCUT2D eigenvalue weighted by atomic mass is 9.92. The Morgan fingerprint density at radius 2 is 1.82 bits per heavy atom. The lowest BCUT2D eigenvalue weighted by Gasteiger charge is -2.35. The van der Waals surface area contributed by atoms with E-state index < -0.39 is 10.0 Å². The number of ether oxygens (including phenoxy) is 1. The molecule has 10 nitrogen and oxygen atoms in total. The Hall–Kier alpha value is -4.09. The summed E-state index contributed by atoms with van der Waals surface area (Å²) in [5.41, 5.74) is 4.87. The Morgan fingerprint density at radius 1 is 1.02 bits per heavy atom. The number of carbonyl (C=O) groups excluding carboxylic acids is 1. The third-order valence-corrected chi connectivity index (χ3v) is 10.1. The molecule has 0 saturated carbocycles. The predicted molar refractivity (Wildman–Crippen MR) is 172 cm³/mol. The summed E-state index contributed by atoms with van der Waals surface area (Å²) in [6.45, 7) is 7.27. The minimum Gasteiger partial charge on any atom is -0.384 e. The number of fused-ring (bicyclic) bond motifs is 2. The molecule has 1 saturated heterocycles. The largest absolute Gasteiger partial charge is 0.384 e. The fourth-order valence-electron chi connectivity index (χ4n) is 6.24.